The van der Waals surface area contributed by atoms with E-state index in [-0.39, 0.29) is 0 Å². The zero-order valence-electron chi connectivity index (χ0n) is 15.0. The first-order valence-electron chi connectivity index (χ1n) is 9.81. The van der Waals surface area contributed by atoms with E-state index in [2.05, 4.69) is 49.9 Å². The van der Waals surface area contributed by atoms with Gasteiger partial charge in [-0.3, -0.25) is 0 Å². The van der Waals surface area contributed by atoms with Gasteiger partial charge in [-0.15, -0.1) is 0 Å². The highest BCUT2D eigenvalue weighted by molar-refractivity contribution is 5.56. The van der Waals surface area contributed by atoms with Gasteiger partial charge in [0.25, 0.3) is 0 Å². The molecule has 23 heavy (non-hydrogen) atoms. The van der Waals surface area contributed by atoms with Crippen LogP contribution in [0.4, 0.5) is 5.69 Å². The molecule has 124 valence electrons. The fourth-order valence-corrected chi connectivity index (χ4v) is 7.41. The zero-order valence-corrected chi connectivity index (χ0v) is 15.0. The molecule has 1 heteroatoms. The number of rotatable bonds is 1. The van der Waals surface area contributed by atoms with Crippen molar-refractivity contribution in [2.24, 2.45) is 29.1 Å². The first kappa shape index (κ1) is 14.4. The monoisotopic (exact) mass is 309 g/mol. The van der Waals surface area contributed by atoms with Crippen molar-refractivity contribution in [3.8, 4) is 0 Å². The summed E-state index contributed by atoms with van der Waals surface area (Å²) in [7, 11) is 0. The molecular formula is C22H31N. The van der Waals surface area contributed by atoms with Crippen molar-refractivity contribution < 1.29 is 0 Å². The average Bonchev–Trinajstić information content (AvgIpc) is 2.77. The predicted molar refractivity (Wildman–Crippen MR) is 96.7 cm³/mol. The average molecular weight is 309 g/mol. The van der Waals surface area contributed by atoms with Crippen molar-refractivity contribution in [3.63, 3.8) is 0 Å². The van der Waals surface area contributed by atoms with Gasteiger partial charge in [-0.1, -0.05) is 18.2 Å². The fraction of sp³-hybridized carbons (Fsp3) is 0.727. The third kappa shape index (κ3) is 1.91. The van der Waals surface area contributed by atoms with E-state index in [0.29, 0.717) is 11.0 Å². The van der Waals surface area contributed by atoms with Crippen LogP contribution < -0.4 is 4.90 Å². The van der Waals surface area contributed by atoms with Crippen molar-refractivity contribution in [2.75, 3.05) is 11.4 Å². The third-order valence-corrected chi connectivity index (χ3v) is 8.12. The van der Waals surface area contributed by atoms with E-state index in [0.717, 1.165) is 23.7 Å². The molecule has 1 saturated heterocycles. The lowest BCUT2D eigenvalue weighted by Gasteiger charge is -2.60. The van der Waals surface area contributed by atoms with Gasteiger partial charge in [0.2, 0.25) is 0 Å². The highest BCUT2D eigenvalue weighted by Gasteiger charge is 2.62. The molecule has 1 aliphatic heterocycles. The number of aryl methyl sites for hydroxylation is 1. The van der Waals surface area contributed by atoms with Crippen molar-refractivity contribution >= 4 is 5.69 Å². The summed E-state index contributed by atoms with van der Waals surface area (Å²) in [5.41, 5.74) is 3.87. The highest BCUT2D eigenvalue weighted by Crippen LogP contribution is 2.67. The lowest BCUT2D eigenvalue weighted by molar-refractivity contribution is -0.0993. The van der Waals surface area contributed by atoms with Crippen LogP contribution in [-0.4, -0.2) is 12.1 Å². The molecule has 4 bridgehead atoms. The number of para-hydroxylation sites is 1. The second kappa shape index (κ2) is 4.55. The van der Waals surface area contributed by atoms with Crippen LogP contribution in [0.5, 0.6) is 0 Å². The normalized spacial score (nSPS) is 43.5. The Labute approximate surface area is 141 Å². The second-order valence-electron chi connectivity index (χ2n) is 9.90. The van der Waals surface area contributed by atoms with E-state index in [1.807, 2.05) is 0 Å². The number of benzene rings is 1. The summed E-state index contributed by atoms with van der Waals surface area (Å²) >= 11 is 0. The van der Waals surface area contributed by atoms with E-state index in [4.69, 9.17) is 0 Å². The molecule has 4 saturated carbocycles. The van der Waals surface area contributed by atoms with Crippen LogP contribution in [0, 0.1) is 36.0 Å². The lowest BCUT2D eigenvalue weighted by atomic mass is 9.44. The summed E-state index contributed by atoms with van der Waals surface area (Å²) in [4.78, 5) is 2.78. The Balaban J connectivity index is 1.54. The van der Waals surface area contributed by atoms with Crippen LogP contribution in [0.1, 0.15) is 57.9 Å². The minimum Gasteiger partial charge on any atom is -0.366 e. The van der Waals surface area contributed by atoms with Crippen molar-refractivity contribution in [1.29, 1.82) is 0 Å². The van der Waals surface area contributed by atoms with Crippen LogP contribution in [0.25, 0.3) is 0 Å². The summed E-state index contributed by atoms with van der Waals surface area (Å²) in [5.74, 6) is 4.21. The largest absolute Gasteiger partial charge is 0.366 e. The van der Waals surface area contributed by atoms with Gasteiger partial charge in [0.1, 0.15) is 0 Å². The quantitative estimate of drug-likeness (QED) is 0.669. The van der Waals surface area contributed by atoms with Crippen LogP contribution >= 0.6 is 0 Å². The van der Waals surface area contributed by atoms with Gasteiger partial charge < -0.3 is 4.90 Å². The van der Waals surface area contributed by atoms with E-state index < -0.39 is 0 Å². The number of anilines is 1. The Morgan fingerprint density at radius 1 is 0.913 bits per heavy atom. The minimum absolute atomic E-state index is 0.307. The van der Waals surface area contributed by atoms with Gasteiger partial charge in [0.05, 0.1) is 0 Å². The standard InChI is InChI=1S/C22H31N/c1-15-6-4-5-7-20(15)23-14-22(13-21(23,2)3)18-9-16-8-17(11-18)12-19(22)10-16/h4-7,16-19H,8-14H2,1-3H3. The molecule has 0 atom stereocenters. The van der Waals surface area contributed by atoms with Gasteiger partial charge in [0, 0.05) is 17.8 Å². The molecule has 1 heterocycles. The molecule has 1 nitrogen and oxygen atoms in total. The SMILES string of the molecule is Cc1ccccc1N1CC2(CC1(C)C)C1CC3CC(C1)CC2C3. The maximum absolute atomic E-state index is 2.78. The van der Waals surface area contributed by atoms with Crippen molar-refractivity contribution in [1.82, 2.24) is 0 Å². The highest BCUT2D eigenvalue weighted by atomic mass is 15.2. The van der Waals surface area contributed by atoms with Crippen LogP contribution in [-0.2, 0) is 0 Å². The molecule has 5 fully saturated rings. The molecule has 0 N–H and O–H groups in total. The Hall–Kier alpha value is -0.980. The molecule has 1 aromatic carbocycles. The molecule has 1 aromatic rings. The molecule has 0 unspecified atom stereocenters. The first-order chi connectivity index (χ1) is 11.0. The molecule has 4 aliphatic carbocycles. The summed E-state index contributed by atoms with van der Waals surface area (Å²) in [5, 5.41) is 0. The molecule has 5 aliphatic rings. The number of hydrogen-bond acceptors (Lipinski definition) is 1. The van der Waals surface area contributed by atoms with Gasteiger partial charge in [-0.2, -0.15) is 0 Å². The van der Waals surface area contributed by atoms with Crippen LogP contribution in [0.3, 0.4) is 0 Å². The van der Waals surface area contributed by atoms with Crippen LogP contribution in [0.15, 0.2) is 24.3 Å². The van der Waals surface area contributed by atoms with Gasteiger partial charge in [0.15, 0.2) is 0 Å². The Kier molecular flexibility index (Phi) is 2.84. The third-order valence-electron chi connectivity index (χ3n) is 8.12. The maximum Gasteiger partial charge on any atom is 0.0400 e. The Morgan fingerprint density at radius 2 is 1.52 bits per heavy atom. The smallest absolute Gasteiger partial charge is 0.0400 e. The molecule has 0 radical (unpaired) electrons. The fourth-order valence-electron chi connectivity index (χ4n) is 7.41. The van der Waals surface area contributed by atoms with Gasteiger partial charge in [-0.25, -0.2) is 0 Å². The van der Waals surface area contributed by atoms with Gasteiger partial charge >= 0.3 is 0 Å². The summed E-state index contributed by atoms with van der Waals surface area (Å²) in [6.07, 6.45) is 9.17. The molecule has 1 spiro atoms. The predicted octanol–water partition coefficient (Wildman–Crippen LogP) is 5.43. The minimum atomic E-state index is 0.307. The van der Waals surface area contributed by atoms with Gasteiger partial charge in [-0.05, 0) is 100 Å². The van der Waals surface area contributed by atoms with E-state index in [9.17, 15) is 0 Å². The summed E-state index contributed by atoms with van der Waals surface area (Å²) in [6, 6.07) is 9.04. The lowest BCUT2D eigenvalue weighted by Crippen LogP contribution is -2.54. The summed E-state index contributed by atoms with van der Waals surface area (Å²) < 4.78 is 0. The van der Waals surface area contributed by atoms with E-state index >= 15 is 0 Å². The molecular weight excluding hydrogens is 278 g/mol. The molecule has 6 rings (SSSR count). The second-order valence-corrected chi connectivity index (χ2v) is 9.90. The van der Waals surface area contributed by atoms with E-state index in [1.165, 1.54) is 24.2 Å². The first-order valence-corrected chi connectivity index (χ1v) is 9.81. The number of hydrogen-bond donors (Lipinski definition) is 0. The number of nitrogens with zero attached hydrogens (tertiary/aromatic N) is 1. The van der Waals surface area contributed by atoms with Crippen LogP contribution in [0.2, 0.25) is 0 Å². The molecule has 0 aromatic heterocycles. The van der Waals surface area contributed by atoms with E-state index in [1.54, 1.807) is 32.1 Å². The van der Waals surface area contributed by atoms with Crippen molar-refractivity contribution in [2.45, 2.75) is 64.8 Å². The summed E-state index contributed by atoms with van der Waals surface area (Å²) in [6.45, 7) is 8.60. The Bertz CT molecular complexity index is 601. The maximum atomic E-state index is 2.78. The molecule has 0 amide bonds. The Morgan fingerprint density at radius 3 is 2.13 bits per heavy atom. The topological polar surface area (TPSA) is 3.24 Å². The van der Waals surface area contributed by atoms with Crippen molar-refractivity contribution in [3.05, 3.63) is 29.8 Å². The zero-order chi connectivity index (χ0) is 15.8.